The number of ether oxygens (including phenoxy) is 2. The van der Waals surface area contributed by atoms with Crippen LogP contribution in [0.3, 0.4) is 0 Å². The van der Waals surface area contributed by atoms with Crippen LogP contribution in [0.5, 0.6) is 0 Å². The SMILES string of the molecule is CCCCN1CC=C[C@]23O[C@@]4(C)/C=C\CCCCOC(=O)[C@H]4[C@H]2C(=O)N([C@@H](CO)[C@@H](C)CC)C3C1=O. The van der Waals surface area contributed by atoms with E-state index in [4.69, 9.17) is 9.47 Å². The largest absolute Gasteiger partial charge is 0.465 e. The lowest BCUT2D eigenvalue weighted by molar-refractivity contribution is -0.162. The molecule has 0 aromatic carbocycles. The van der Waals surface area contributed by atoms with Crippen LogP contribution in [0.2, 0.25) is 0 Å². The van der Waals surface area contributed by atoms with Crippen LogP contribution in [0.15, 0.2) is 24.3 Å². The van der Waals surface area contributed by atoms with Gasteiger partial charge in [-0.05, 0) is 38.5 Å². The fourth-order valence-electron chi connectivity index (χ4n) is 6.51. The molecule has 0 radical (unpaired) electrons. The first-order chi connectivity index (χ1) is 17.3. The van der Waals surface area contributed by atoms with E-state index in [1.165, 1.54) is 0 Å². The monoisotopic (exact) mass is 502 g/mol. The molecule has 4 aliphatic heterocycles. The zero-order valence-corrected chi connectivity index (χ0v) is 22.2. The highest BCUT2D eigenvalue weighted by molar-refractivity contribution is 5.99. The number of aliphatic hydroxyl groups excluding tert-OH is 1. The quantitative estimate of drug-likeness (QED) is 0.425. The van der Waals surface area contributed by atoms with Crippen LogP contribution in [-0.4, -0.2) is 82.3 Å². The number of carbonyl (C=O) groups is 3. The molecular weight excluding hydrogens is 460 g/mol. The number of rotatable bonds is 7. The van der Waals surface area contributed by atoms with Crippen molar-refractivity contribution in [2.24, 2.45) is 17.8 Å². The molecule has 0 aromatic rings. The Hall–Kier alpha value is -2.19. The van der Waals surface area contributed by atoms with Gasteiger partial charge in [-0.3, -0.25) is 14.4 Å². The Kier molecular flexibility index (Phi) is 7.95. The van der Waals surface area contributed by atoms with Crippen molar-refractivity contribution in [1.29, 1.82) is 0 Å². The minimum Gasteiger partial charge on any atom is -0.465 e. The third kappa shape index (κ3) is 4.30. The number of likely N-dealkylation sites (tertiary alicyclic amines) is 1. The maximum absolute atomic E-state index is 14.3. The van der Waals surface area contributed by atoms with Crippen molar-refractivity contribution in [3.63, 3.8) is 0 Å². The highest BCUT2D eigenvalue weighted by Crippen LogP contribution is 2.57. The van der Waals surface area contributed by atoms with Gasteiger partial charge in [-0.25, -0.2) is 0 Å². The molecule has 2 amide bonds. The molecule has 200 valence electrons. The molecule has 4 heterocycles. The molecular formula is C28H42N2O6. The predicted octanol–water partition coefficient (Wildman–Crippen LogP) is 2.85. The third-order valence-corrected chi connectivity index (χ3v) is 8.65. The van der Waals surface area contributed by atoms with Gasteiger partial charge in [0.2, 0.25) is 11.8 Å². The molecule has 2 saturated heterocycles. The molecule has 1 unspecified atom stereocenters. The summed E-state index contributed by atoms with van der Waals surface area (Å²) in [5.41, 5.74) is -2.40. The fourth-order valence-corrected chi connectivity index (χ4v) is 6.51. The Morgan fingerprint density at radius 1 is 1.11 bits per heavy atom. The summed E-state index contributed by atoms with van der Waals surface area (Å²) in [4.78, 5) is 45.4. The predicted molar refractivity (Wildman–Crippen MR) is 135 cm³/mol. The lowest BCUT2D eigenvalue weighted by Crippen LogP contribution is -2.59. The van der Waals surface area contributed by atoms with Gasteiger partial charge in [0, 0.05) is 13.1 Å². The van der Waals surface area contributed by atoms with Gasteiger partial charge in [0.05, 0.1) is 30.8 Å². The molecule has 4 aliphatic rings. The Bertz CT molecular complexity index is 918. The van der Waals surface area contributed by atoms with E-state index < -0.39 is 41.1 Å². The normalized spacial score (nSPS) is 37.0. The summed E-state index contributed by atoms with van der Waals surface area (Å²) < 4.78 is 12.5. The van der Waals surface area contributed by atoms with Crippen molar-refractivity contribution in [1.82, 2.24) is 9.80 Å². The molecule has 2 fully saturated rings. The summed E-state index contributed by atoms with van der Waals surface area (Å²) in [6.07, 6.45) is 12.7. The second-order valence-electron chi connectivity index (χ2n) is 11.0. The zero-order valence-electron chi connectivity index (χ0n) is 22.2. The number of esters is 1. The Balaban J connectivity index is 1.88. The molecule has 1 spiro atoms. The first-order valence-corrected chi connectivity index (χ1v) is 13.7. The molecule has 1 N–H and O–H groups in total. The van der Waals surface area contributed by atoms with E-state index >= 15 is 0 Å². The van der Waals surface area contributed by atoms with E-state index in [2.05, 4.69) is 6.92 Å². The standard InChI is InChI=1S/C28H42N2O6/c1-5-7-15-29-16-12-14-28-21(22-26(34)35-17-11-9-8-10-13-27(22,4)36-28)24(32)30(23(28)25(29)33)20(18-31)19(3)6-2/h10,12-14,19-23,31H,5-9,11,15-18H2,1-4H3/b13-10-/t19-,20-,21-,22+,23?,27-,28-/m0/s1. The van der Waals surface area contributed by atoms with Gasteiger partial charge in [0.15, 0.2) is 0 Å². The number of aliphatic hydroxyl groups is 1. The summed E-state index contributed by atoms with van der Waals surface area (Å²) in [5.74, 6) is -2.80. The van der Waals surface area contributed by atoms with Crippen LogP contribution in [0.25, 0.3) is 0 Å². The van der Waals surface area contributed by atoms with Crippen molar-refractivity contribution in [2.75, 3.05) is 26.3 Å². The second-order valence-corrected chi connectivity index (χ2v) is 11.0. The number of fused-ring (bicyclic) bond motifs is 2. The van der Waals surface area contributed by atoms with Crippen molar-refractivity contribution < 1.29 is 29.0 Å². The van der Waals surface area contributed by atoms with E-state index in [-0.39, 0.29) is 24.3 Å². The van der Waals surface area contributed by atoms with Crippen LogP contribution in [0.4, 0.5) is 0 Å². The number of hydrogen-bond acceptors (Lipinski definition) is 6. The van der Waals surface area contributed by atoms with Crippen LogP contribution in [-0.2, 0) is 23.9 Å². The van der Waals surface area contributed by atoms with Crippen LogP contribution >= 0.6 is 0 Å². The highest BCUT2D eigenvalue weighted by atomic mass is 16.6. The van der Waals surface area contributed by atoms with Crippen molar-refractivity contribution in [3.8, 4) is 0 Å². The lowest BCUT2D eigenvalue weighted by atomic mass is 9.74. The van der Waals surface area contributed by atoms with Crippen molar-refractivity contribution in [3.05, 3.63) is 24.3 Å². The molecule has 0 aromatic heterocycles. The first kappa shape index (κ1) is 26.9. The molecule has 0 saturated carbocycles. The number of cyclic esters (lactones) is 1. The number of hydrogen-bond donors (Lipinski definition) is 1. The zero-order chi connectivity index (χ0) is 26.1. The fraction of sp³-hybridized carbons (Fsp3) is 0.750. The van der Waals surface area contributed by atoms with Crippen molar-refractivity contribution in [2.45, 2.75) is 89.5 Å². The molecule has 36 heavy (non-hydrogen) atoms. The van der Waals surface area contributed by atoms with E-state index in [0.717, 1.165) is 38.5 Å². The number of carbonyl (C=O) groups excluding carboxylic acids is 3. The van der Waals surface area contributed by atoms with E-state index in [1.807, 2.05) is 45.1 Å². The number of unbranched alkanes of at least 4 members (excludes halogenated alkanes) is 1. The highest BCUT2D eigenvalue weighted by Gasteiger charge is 2.75. The molecule has 0 bridgehead atoms. The third-order valence-electron chi connectivity index (χ3n) is 8.65. The van der Waals surface area contributed by atoms with Gasteiger partial charge in [0.1, 0.15) is 17.6 Å². The van der Waals surface area contributed by atoms with Gasteiger partial charge in [-0.2, -0.15) is 0 Å². The summed E-state index contributed by atoms with van der Waals surface area (Å²) >= 11 is 0. The minimum atomic E-state index is -1.31. The van der Waals surface area contributed by atoms with Crippen molar-refractivity contribution >= 4 is 17.8 Å². The van der Waals surface area contributed by atoms with Gasteiger partial charge in [-0.15, -0.1) is 0 Å². The maximum Gasteiger partial charge on any atom is 0.313 e. The first-order valence-electron chi connectivity index (χ1n) is 13.7. The number of nitrogens with zero attached hydrogens (tertiary/aromatic N) is 2. The lowest BCUT2D eigenvalue weighted by Gasteiger charge is -2.41. The molecule has 4 rings (SSSR count). The van der Waals surface area contributed by atoms with Crippen LogP contribution in [0.1, 0.15) is 66.2 Å². The van der Waals surface area contributed by atoms with Gasteiger partial charge in [0.25, 0.3) is 0 Å². The Morgan fingerprint density at radius 3 is 2.58 bits per heavy atom. The Labute approximate surface area is 214 Å². The van der Waals surface area contributed by atoms with Gasteiger partial charge < -0.3 is 24.4 Å². The van der Waals surface area contributed by atoms with Crippen LogP contribution in [0, 0.1) is 17.8 Å². The molecule has 8 heteroatoms. The topological polar surface area (TPSA) is 96.4 Å². The smallest absolute Gasteiger partial charge is 0.313 e. The second kappa shape index (κ2) is 10.7. The molecule has 0 aliphatic carbocycles. The van der Waals surface area contributed by atoms with Crippen LogP contribution < -0.4 is 0 Å². The minimum absolute atomic E-state index is 0.0405. The average Bonchev–Trinajstić information content (AvgIpc) is 3.19. The summed E-state index contributed by atoms with van der Waals surface area (Å²) in [5, 5.41) is 10.4. The number of allylic oxidation sites excluding steroid dienone is 1. The summed E-state index contributed by atoms with van der Waals surface area (Å²) in [6, 6.07) is -1.51. The summed E-state index contributed by atoms with van der Waals surface area (Å²) in [6.45, 7) is 8.92. The van der Waals surface area contributed by atoms with E-state index in [0.29, 0.717) is 19.7 Å². The maximum atomic E-state index is 14.3. The number of amides is 2. The Morgan fingerprint density at radius 2 is 1.89 bits per heavy atom. The summed E-state index contributed by atoms with van der Waals surface area (Å²) in [7, 11) is 0. The molecule has 8 nitrogen and oxygen atoms in total. The van der Waals surface area contributed by atoms with E-state index in [1.54, 1.807) is 9.80 Å². The van der Waals surface area contributed by atoms with E-state index in [9.17, 15) is 19.5 Å². The van der Waals surface area contributed by atoms with Gasteiger partial charge in [-0.1, -0.05) is 57.9 Å². The van der Waals surface area contributed by atoms with Gasteiger partial charge >= 0.3 is 5.97 Å². The average molecular weight is 503 g/mol. The molecule has 7 atom stereocenters.